The number of nitrogens with zero attached hydrogens (tertiary/aromatic N) is 1. The number of aliphatic hydroxyl groups excluding tert-OH is 1. The lowest BCUT2D eigenvalue weighted by atomic mass is 9.86. The fourth-order valence-electron chi connectivity index (χ4n) is 2.55. The van der Waals surface area contributed by atoms with Gasteiger partial charge in [0.05, 0.1) is 17.4 Å². The van der Waals surface area contributed by atoms with E-state index >= 15 is 0 Å². The van der Waals surface area contributed by atoms with E-state index in [-0.39, 0.29) is 17.6 Å². The van der Waals surface area contributed by atoms with Crippen molar-refractivity contribution < 1.29 is 15.0 Å². The number of carboxylic acid groups (broad SMARTS) is 1. The summed E-state index contributed by atoms with van der Waals surface area (Å²) in [7, 11) is 0. The van der Waals surface area contributed by atoms with E-state index in [0.29, 0.717) is 18.1 Å². The number of carbonyl (C=O) groups is 1. The monoisotopic (exact) mass is 264 g/mol. The summed E-state index contributed by atoms with van der Waals surface area (Å²) in [6, 6.07) is 3.23. The Morgan fingerprint density at radius 2 is 2.16 bits per heavy atom. The third-order valence-corrected chi connectivity index (χ3v) is 3.73. The lowest BCUT2D eigenvalue weighted by molar-refractivity contribution is 0.0695. The van der Waals surface area contributed by atoms with Crippen LogP contribution in [0.15, 0.2) is 12.1 Å². The SMILES string of the molecule is Cc1nc(NCC2CCCCC2O)ccc1C(=O)O. The molecule has 5 heteroatoms. The van der Waals surface area contributed by atoms with E-state index in [1.54, 1.807) is 19.1 Å². The topological polar surface area (TPSA) is 82.5 Å². The van der Waals surface area contributed by atoms with E-state index in [2.05, 4.69) is 10.3 Å². The van der Waals surface area contributed by atoms with E-state index < -0.39 is 5.97 Å². The molecule has 1 aromatic heterocycles. The second-order valence-corrected chi connectivity index (χ2v) is 5.13. The number of rotatable bonds is 4. The van der Waals surface area contributed by atoms with Crippen LogP contribution >= 0.6 is 0 Å². The van der Waals surface area contributed by atoms with E-state index in [9.17, 15) is 9.90 Å². The minimum atomic E-state index is -0.959. The average Bonchev–Trinajstić information content (AvgIpc) is 2.37. The Bertz CT molecular complexity index is 462. The maximum atomic E-state index is 10.9. The smallest absolute Gasteiger partial charge is 0.337 e. The first-order chi connectivity index (χ1) is 9.08. The molecule has 3 N–H and O–H groups in total. The van der Waals surface area contributed by atoms with Crippen LogP contribution in [0.5, 0.6) is 0 Å². The van der Waals surface area contributed by atoms with Crippen LogP contribution < -0.4 is 5.32 Å². The van der Waals surface area contributed by atoms with Crippen LogP contribution in [0.2, 0.25) is 0 Å². The van der Waals surface area contributed by atoms with Crippen LogP contribution in [-0.4, -0.2) is 33.8 Å². The van der Waals surface area contributed by atoms with Gasteiger partial charge in [0.25, 0.3) is 0 Å². The summed E-state index contributed by atoms with van der Waals surface area (Å²) >= 11 is 0. The van der Waals surface area contributed by atoms with Gasteiger partial charge in [0, 0.05) is 12.5 Å². The van der Waals surface area contributed by atoms with E-state index in [4.69, 9.17) is 5.11 Å². The molecule has 1 heterocycles. The number of aromatic nitrogens is 1. The van der Waals surface area contributed by atoms with Crippen molar-refractivity contribution in [2.45, 2.75) is 38.7 Å². The molecule has 1 aliphatic carbocycles. The van der Waals surface area contributed by atoms with Crippen LogP contribution in [0.3, 0.4) is 0 Å². The molecule has 19 heavy (non-hydrogen) atoms. The molecular formula is C14H20N2O3. The summed E-state index contributed by atoms with van der Waals surface area (Å²) in [5, 5.41) is 22.0. The molecule has 0 aliphatic heterocycles. The molecule has 5 nitrogen and oxygen atoms in total. The van der Waals surface area contributed by atoms with Gasteiger partial charge in [0.2, 0.25) is 0 Å². The highest BCUT2D eigenvalue weighted by atomic mass is 16.4. The minimum Gasteiger partial charge on any atom is -0.478 e. The van der Waals surface area contributed by atoms with Crippen LogP contribution in [0.4, 0.5) is 5.82 Å². The molecule has 1 aromatic rings. The first-order valence-corrected chi connectivity index (χ1v) is 6.71. The first kappa shape index (κ1) is 13.8. The number of pyridine rings is 1. The summed E-state index contributed by atoms with van der Waals surface area (Å²) < 4.78 is 0. The predicted molar refractivity (Wildman–Crippen MR) is 72.4 cm³/mol. The number of aliphatic hydroxyl groups is 1. The highest BCUT2D eigenvalue weighted by molar-refractivity contribution is 5.89. The molecular weight excluding hydrogens is 244 g/mol. The molecule has 0 aromatic carbocycles. The zero-order valence-electron chi connectivity index (χ0n) is 11.1. The molecule has 0 amide bonds. The lowest BCUT2D eigenvalue weighted by Crippen LogP contribution is -2.30. The molecule has 2 unspecified atom stereocenters. The first-order valence-electron chi connectivity index (χ1n) is 6.71. The van der Waals surface area contributed by atoms with Gasteiger partial charge in [-0.2, -0.15) is 0 Å². The Kier molecular flexibility index (Phi) is 4.37. The van der Waals surface area contributed by atoms with Gasteiger partial charge < -0.3 is 15.5 Å². The van der Waals surface area contributed by atoms with Crippen molar-refractivity contribution in [3.63, 3.8) is 0 Å². The van der Waals surface area contributed by atoms with Crippen molar-refractivity contribution in [3.05, 3.63) is 23.4 Å². The normalized spacial score (nSPS) is 23.1. The third-order valence-electron chi connectivity index (χ3n) is 3.73. The predicted octanol–water partition coefficient (Wildman–Crippen LogP) is 2.05. The summed E-state index contributed by atoms with van der Waals surface area (Å²) in [6.45, 7) is 2.37. The minimum absolute atomic E-state index is 0.225. The Morgan fingerprint density at radius 1 is 1.42 bits per heavy atom. The number of carboxylic acids is 1. The summed E-state index contributed by atoms with van der Waals surface area (Å²) in [4.78, 5) is 15.1. The molecule has 2 rings (SSSR count). The zero-order chi connectivity index (χ0) is 13.8. The van der Waals surface area contributed by atoms with Crippen molar-refractivity contribution in [1.29, 1.82) is 0 Å². The standard InChI is InChI=1S/C14H20N2O3/c1-9-11(14(18)19)6-7-13(16-9)15-8-10-4-2-3-5-12(10)17/h6-7,10,12,17H,2-5,8H2,1H3,(H,15,16)(H,18,19). The van der Waals surface area contributed by atoms with Crippen molar-refractivity contribution in [1.82, 2.24) is 4.98 Å². The zero-order valence-corrected chi connectivity index (χ0v) is 11.1. The maximum absolute atomic E-state index is 10.9. The van der Waals surface area contributed by atoms with Gasteiger partial charge in [-0.3, -0.25) is 0 Å². The average molecular weight is 264 g/mol. The Labute approximate surface area is 112 Å². The number of anilines is 1. The van der Waals surface area contributed by atoms with Crippen molar-refractivity contribution in [3.8, 4) is 0 Å². The number of aromatic carboxylic acids is 1. The van der Waals surface area contributed by atoms with Crippen LogP contribution in [0, 0.1) is 12.8 Å². The molecule has 104 valence electrons. The number of nitrogens with one attached hydrogen (secondary N) is 1. The van der Waals surface area contributed by atoms with Gasteiger partial charge >= 0.3 is 5.97 Å². The molecule has 0 saturated heterocycles. The van der Waals surface area contributed by atoms with E-state index in [1.807, 2.05) is 0 Å². The largest absolute Gasteiger partial charge is 0.478 e. The maximum Gasteiger partial charge on any atom is 0.337 e. The Morgan fingerprint density at radius 3 is 2.79 bits per heavy atom. The molecule has 1 aliphatic rings. The fourth-order valence-corrected chi connectivity index (χ4v) is 2.55. The fraction of sp³-hybridized carbons (Fsp3) is 0.571. The number of hydrogen-bond donors (Lipinski definition) is 3. The van der Waals surface area contributed by atoms with Crippen LogP contribution in [0.1, 0.15) is 41.7 Å². The van der Waals surface area contributed by atoms with Gasteiger partial charge in [-0.15, -0.1) is 0 Å². The molecule has 0 spiro atoms. The number of aryl methyl sites for hydroxylation is 1. The van der Waals surface area contributed by atoms with Gasteiger partial charge in [-0.1, -0.05) is 12.8 Å². The van der Waals surface area contributed by atoms with Crippen LogP contribution in [0.25, 0.3) is 0 Å². The van der Waals surface area contributed by atoms with Crippen molar-refractivity contribution in [2.24, 2.45) is 5.92 Å². The van der Waals surface area contributed by atoms with E-state index in [0.717, 1.165) is 25.7 Å². The summed E-state index contributed by atoms with van der Waals surface area (Å²) in [6.07, 6.45) is 3.92. The third kappa shape index (κ3) is 3.44. The summed E-state index contributed by atoms with van der Waals surface area (Å²) in [5.74, 6) is -0.0328. The van der Waals surface area contributed by atoms with Crippen molar-refractivity contribution >= 4 is 11.8 Å². The van der Waals surface area contributed by atoms with Gasteiger partial charge in [0.15, 0.2) is 0 Å². The second kappa shape index (κ2) is 6.02. The van der Waals surface area contributed by atoms with Gasteiger partial charge in [0.1, 0.15) is 5.82 Å². The van der Waals surface area contributed by atoms with Crippen LogP contribution in [-0.2, 0) is 0 Å². The Hall–Kier alpha value is -1.62. The van der Waals surface area contributed by atoms with Crippen molar-refractivity contribution in [2.75, 3.05) is 11.9 Å². The van der Waals surface area contributed by atoms with E-state index in [1.165, 1.54) is 0 Å². The molecule has 1 fully saturated rings. The quantitative estimate of drug-likeness (QED) is 0.775. The molecule has 2 atom stereocenters. The molecule has 0 bridgehead atoms. The lowest BCUT2D eigenvalue weighted by Gasteiger charge is -2.27. The highest BCUT2D eigenvalue weighted by Gasteiger charge is 2.22. The molecule has 0 radical (unpaired) electrons. The number of hydrogen-bond acceptors (Lipinski definition) is 4. The highest BCUT2D eigenvalue weighted by Crippen LogP contribution is 2.24. The summed E-state index contributed by atoms with van der Waals surface area (Å²) in [5.41, 5.74) is 0.727. The Balaban J connectivity index is 1.96. The van der Waals surface area contributed by atoms with Gasteiger partial charge in [-0.05, 0) is 31.9 Å². The molecule has 1 saturated carbocycles. The second-order valence-electron chi connectivity index (χ2n) is 5.13. The van der Waals surface area contributed by atoms with Gasteiger partial charge in [-0.25, -0.2) is 9.78 Å².